The number of anilines is 3. The molecule has 0 spiro atoms. The molecule has 0 heterocycles. The van der Waals surface area contributed by atoms with Crippen molar-refractivity contribution in [2.75, 3.05) is 4.90 Å². The van der Waals surface area contributed by atoms with Gasteiger partial charge in [0, 0.05) is 26.9 Å². The van der Waals surface area contributed by atoms with E-state index in [0.29, 0.717) is 5.41 Å². The number of halogens is 1. The standard InChI is InChI=1S/C44H50BrN/c1-43(2,3)29-17-10-8-6-7-9-12-18-32-23-25-34(26-24-32)46(33-19-13-11-14-20-33)35-27-28-38-39(30-35)44(4,5)40-31-41(45)36-21-15-16-22-37(36)42(38)40/h11,13-16,19-28,30-31H,6-10,12,17-18,29H2,1-5H3. The molecule has 0 saturated carbocycles. The maximum atomic E-state index is 3.88. The molecule has 0 bridgehead atoms. The zero-order chi connectivity index (χ0) is 32.3. The van der Waals surface area contributed by atoms with Crippen molar-refractivity contribution in [3.63, 3.8) is 0 Å². The van der Waals surface area contributed by atoms with Crippen LogP contribution in [0.5, 0.6) is 0 Å². The van der Waals surface area contributed by atoms with E-state index in [1.54, 1.807) is 0 Å². The normalized spacial score (nSPS) is 13.5. The van der Waals surface area contributed by atoms with Crippen molar-refractivity contribution < 1.29 is 0 Å². The van der Waals surface area contributed by atoms with E-state index in [4.69, 9.17) is 0 Å². The number of unbranched alkanes of at least 4 members (excludes halogenated alkanes) is 6. The number of nitrogens with zero attached hydrogens (tertiary/aromatic N) is 1. The molecule has 1 nitrogen and oxygen atoms in total. The molecule has 0 aromatic heterocycles. The van der Waals surface area contributed by atoms with Crippen LogP contribution >= 0.6 is 15.9 Å². The van der Waals surface area contributed by atoms with E-state index in [0.717, 1.165) is 6.42 Å². The lowest BCUT2D eigenvalue weighted by molar-refractivity contribution is 0.356. The predicted octanol–water partition coefficient (Wildman–Crippen LogP) is 14.1. The van der Waals surface area contributed by atoms with Gasteiger partial charge in [0.2, 0.25) is 0 Å². The molecule has 1 aliphatic rings. The summed E-state index contributed by atoms with van der Waals surface area (Å²) < 4.78 is 1.17. The largest absolute Gasteiger partial charge is 0.310 e. The van der Waals surface area contributed by atoms with E-state index in [1.807, 2.05) is 0 Å². The van der Waals surface area contributed by atoms with Gasteiger partial charge in [-0.25, -0.2) is 0 Å². The van der Waals surface area contributed by atoms with Crippen LogP contribution in [0.15, 0.2) is 108 Å². The van der Waals surface area contributed by atoms with Gasteiger partial charge < -0.3 is 4.90 Å². The molecule has 0 radical (unpaired) electrons. The summed E-state index contributed by atoms with van der Waals surface area (Å²) in [5.41, 5.74) is 10.9. The summed E-state index contributed by atoms with van der Waals surface area (Å²) in [6, 6.07) is 38.3. The SMILES string of the molecule is CC(C)(C)CCCCCCCCCc1ccc(N(c2ccccc2)c2ccc3c(c2)C(C)(C)c2cc(Br)c4ccccc4c2-3)cc1. The van der Waals surface area contributed by atoms with Crippen LogP contribution in [0.4, 0.5) is 17.1 Å². The van der Waals surface area contributed by atoms with Gasteiger partial charge in [0.25, 0.3) is 0 Å². The first-order valence-electron chi connectivity index (χ1n) is 17.4. The van der Waals surface area contributed by atoms with Crippen LogP contribution < -0.4 is 4.90 Å². The van der Waals surface area contributed by atoms with E-state index >= 15 is 0 Å². The molecule has 5 aromatic rings. The first kappa shape index (κ1) is 32.6. The minimum absolute atomic E-state index is 0.105. The summed E-state index contributed by atoms with van der Waals surface area (Å²) in [6.45, 7) is 11.8. The van der Waals surface area contributed by atoms with Crippen LogP contribution in [0.25, 0.3) is 21.9 Å². The minimum Gasteiger partial charge on any atom is -0.310 e. The van der Waals surface area contributed by atoms with Crippen LogP contribution in [-0.4, -0.2) is 0 Å². The van der Waals surface area contributed by atoms with E-state index in [1.165, 1.54) is 111 Å². The number of para-hydroxylation sites is 1. The van der Waals surface area contributed by atoms with Crippen molar-refractivity contribution in [2.45, 2.75) is 97.8 Å². The van der Waals surface area contributed by atoms with Gasteiger partial charge in [-0.1, -0.05) is 150 Å². The fourth-order valence-corrected chi connectivity index (χ4v) is 7.94. The highest BCUT2D eigenvalue weighted by Crippen LogP contribution is 2.54. The Morgan fingerprint density at radius 2 is 1.17 bits per heavy atom. The number of benzene rings is 5. The number of rotatable bonds is 12. The Morgan fingerprint density at radius 1 is 0.587 bits per heavy atom. The fourth-order valence-electron chi connectivity index (χ4n) is 7.37. The lowest BCUT2D eigenvalue weighted by Gasteiger charge is -2.28. The van der Waals surface area contributed by atoms with Crippen molar-refractivity contribution in [1.29, 1.82) is 0 Å². The molecular weight excluding hydrogens is 622 g/mol. The zero-order valence-electron chi connectivity index (χ0n) is 28.5. The monoisotopic (exact) mass is 671 g/mol. The van der Waals surface area contributed by atoms with Gasteiger partial charge in [-0.3, -0.25) is 0 Å². The molecule has 238 valence electrons. The van der Waals surface area contributed by atoms with Crippen molar-refractivity contribution in [1.82, 2.24) is 0 Å². The summed E-state index contributed by atoms with van der Waals surface area (Å²) in [5, 5.41) is 2.59. The van der Waals surface area contributed by atoms with Crippen molar-refractivity contribution >= 4 is 43.8 Å². The molecule has 5 aromatic carbocycles. The van der Waals surface area contributed by atoms with E-state index in [2.05, 4.69) is 159 Å². The highest BCUT2D eigenvalue weighted by molar-refractivity contribution is 9.10. The second kappa shape index (κ2) is 13.8. The summed E-state index contributed by atoms with van der Waals surface area (Å²) in [7, 11) is 0. The molecule has 0 N–H and O–H groups in total. The second-order valence-corrected chi connectivity index (χ2v) is 15.9. The second-order valence-electron chi connectivity index (χ2n) is 15.1. The predicted molar refractivity (Wildman–Crippen MR) is 204 cm³/mol. The Labute approximate surface area is 286 Å². The maximum absolute atomic E-state index is 3.88. The molecule has 0 atom stereocenters. The average molecular weight is 673 g/mol. The van der Waals surface area contributed by atoms with E-state index < -0.39 is 0 Å². The van der Waals surface area contributed by atoms with Crippen LogP contribution in [0, 0.1) is 5.41 Å². The minimum atomic E-state index is -0.105. The highest BCUT2D eigenvalue weighted by atomic mass is 79.9. The lowest BCUT2D eigenvalue weighted by Crippen LogP contribution is -2.16. The average Bonchev–Trinajstić information content (AvgIpc) is 3.27. The molecule has 0 aliphatic heterocycles. The highest BCUT2D eigenvalue weighted by Gasteiger charge is 2.37. The molecular formula is C44H50BrN. The molecule has 0 saturated heterocycles. The topological polar surface area (TPSA) is 3.24 Å². The Bertz CT molecular complexity index is 1780. The van der Waals surface area contributed by atoms with Crippen LogP contribution in [0.3, 0.4) is 0 Å². The molecule has 2 heteroatoms. The van der Waals surface area contributed by atoms with Gasteiger partial charge >= 0.3 is 0 Å². The van der Waals surface area contributed by atoms with Gasteiger partial charge in [0.1, 0.15) is 0 Å². The van der Waals surface area contributed by atoms with Crippen molar-refractivity contribution in [2.24, 2.45) is 5.41 Å². The summed E-state index contributed by atoms with van der Waals surface area (Å²) >= 11 is 3.88. The molecule has 0 unspecified atom stereocenters. The Morgan fingerprint density at radius 3 is 1.87 bits per heavy atom. The van der Waals surface area contributed by atoms with Gasteiger partial charge in [0.15, 0.2) is 0 Å². The summed E-state index contributed by atoms with van der Waals surface area (Å²) in [5.74, 6) is 0. The van der Waals surface area contributed by atoms with Crippen molar-refractivity contribution in [3.05, 3.63) is 124 Å². The van der Waals surface area contributed by atoms with Gasteiger partial charge in [0.05, 0.1) is 0 Å². The van der Waals surface area contributed by atoms with Gasteiger partial charge in [-0.05, 0) is 106 Å². The van der Waals surface area contributed by atoms with Crippen molar-refractivity contribution in [3.8, 4) is 11.1 Å². The maximum Gasteiger partial charge on any atom is 0.0465 e. The number of hydrogen-bond donors (Lipinski definition) is 0. The molecule has 1 aliphatic carbocycles. The quantitative estimate of drug-likeness (QED) is 0.119. The first-order chi connectivity index (χ1) is 22.1. The zero-order valence-corrected chi connectivity index (χ0v) is 30.1. The van der Waals surface area contributed by atoms with Crippen LogP contribution in [0.1, 0.15) is 103 Å². The third kappa shape index (κ3) is 6.98. The molecule has 0 amide bonds. The Hall–Kier alpha value is -3.36. The van der Waals surface area contributed by atoms with E-state index in [-0.39, 0.29) is 5.41 Å². The summed E-state index contributed by atoms with van der Waals surface area (Å²) in [6.07, 6.45) is 12.0. The Balaban J connectivity index is 1.19. The first-order valence-corrected chi connectivity index (χ1v) is 18.2. The molecule has 6 rings (SSSR count). The number of aryl methyl sites for hydroxylation is 1. The smallest absolute Gasteiger partial charge is 0.0465 e. The number of hydrogen-bond acceptors (Lipinski definition) is 1. The lowest BCUT2D eigenvalue weighted by atomic mass is 9.82. The Kier molecular flexibility index (Phi) is 9.76. The van der Waals surface area contributed by atoms with E-state index in [9.17, 15) is 0 Å². The fraction of sp³-hybridized carbons (Fsp3) is 0.364. The van der Waals surface area contributed by atoms with Gasteiger partial charge in [-0.2, -0.15) is 0 Å². The third-order valence-corrected chi connectivity index (χ3v) is 10.6. The van der Waals surface area contributed by atoms with Crippen LogP contribution in [-0.2, 0) is 11.8 Å². The molecule has 0 fully saturated rings. The number of fused-ring (bicyclic) bond motifs is 5. The van der Waals surface area contributed by atoms with Gasteiger partial charge in [-0.15, -0.1) is 0 Å². The van der Waals surface area contributed by atoms with Crippen LogP contribution in [0.2, 0.25) is 0 Å². The summed E-state index contributed by atoms with van der Waals surface area (Å²) in [4.78, 5) is 2.41. The third-order valence-electron chi connectivity index (χ3n) is 9.97. The molecule has 46 heavy (non-hydrogen) atoms.